The molecule has 0 aromatic carbocycles. The molecule has 5 nitrogen and oxygen atoms in total. The van der Waals surface area contributed by atoms with Crippen molar-refractivity contribution in [2.45, 2.75) is 36.9 Å². The van der Waals surface area contributed by atoms with E-state index in [-0.39, 0.29) is 11.1 Å². The van der Waals surface area contributed by atoms with Crippen LogP contribution in [0, 0.1) is 0 Å². The number of hydrogen-bond acceptors (Lipinski definition) is 3. The Balaban J connectivity index is 2.39. The van der Waals surface area contributed by atoms with Crippen LogP contribution in [0.25, 0.3) is 0 Å². The van der Waals surface area contributed by atoms with E-state index >= 15 is 0 Å². The molecule has 1 atom stereocenters. The number of rotatable bonds is 2. The van der Waals surface area contributed by atoms with Crippen molar-refractivity contribution in [3.63, 3.8) is 0 Å². The Morgan fingerprint density at radius 2 is 2.25 bits per heavy atom. The van der Waals surface area contributed by atoms with E-state index in [9.17, 15) is 8.42 Å². The second-order valence-corrected chi connectivity index (χ2v) is 6.68. The van der Waals surface area contributed by atoms with Gasteiger partial charge in [0.25, 0.3) is 10.0 Å². The van der Waals surface area contributed by atoms with E-state index in [4.69, 9.17) is 5.73 Å². The average Bonchev–Trinajstić information content (AvgIpc) is 2.72. The Kier molecular flexibility index (Phi) is 2.60. The van der Waals surface area contributed by atoms with Gasteiger partial charge in [-0.3, -0.25) is 0 Å². The molecule has 2 heterocycles. The highest BCUT2D eigenvalue weighted by atomic mass is 32.2. The summed E-state index contributed by atoms with van der Waals surface area (Å²) < 4.78 is 26.1. The first kappa shape index (κ1) is 11.6. The SMILES string of the molecule is CC1(C)CC(N)CN1S(=O)(=O)c1ccc[nH]1. The zero-order valence-electron chi connectivity index (χ0n) is 9.47. The minimum atomic E-state index is -3.44. The van der Waals surface area contributed by atoms with Gasteiger partial charge < -0.3 is 10.7 Å². The third-order valence-corrected chi connectivity index (χ3v) is 5.01. The predicted molar refractivity (Wildman–Crippen MR) is 61.4 cm³/mol. The molecule has 2 rings (SSSR count). The molecule has 1 aromatic heterocycles. The number of sulfonamides is 1. The van der Waals surface area contributed by atoms with Gasteiger partial charge in [0.1, 0.15) is 5.03 Å². The largest absolute Gasteiger partial charge is 0.351 e. The maximum absolute atomic E-state index is 12.3. The molecule has 16 heavy (non-hydrogen) atoms. The lowest BCUT2D eigenvalue weighted by Crippen LogP contribution is -2.42. The number of nitrogens with two attached hydrogens (primary N) is 1. The molecule has 90 valence electrons. The number of aromatic amines is 1. The highest BCUT2D eigenvalue weighted by molar-refractivity contribution is 7.89. The molecular weight excluding hydrogens is 226 g/mol. The van der Waals surface area contributed by atoms with Crippen LogP contribution in [0.4, 0.5) is 0 Å². The molecule has 1 aliphatic heterocycles. The summed E-state index contributed by atoms with van der Waals surface area (Å²) in [6.45, 7) is 4.19. The molecule has 0 bridgehead atoms. The Labute approximate surface area is 95.7 Å². The summed E-state index contributed by atoms with van der Waals surface area (Å²) in [4.78, 5) is 2.74. The maximum Gasteiger partial charge on any atom is 0.259 e. The Morgan fingerprint density at radius 1 is 1.56 bits per heavy atom. The number of hydrogen-bond donors (Lipinski definition) is 2. The fraction of sp³-hybridized carbons (Fsp3) is 0.600. The van der Waals surface area contributed by atoms with Crippen molar-refractivity contribution >= 4 is 10.0 Å². The third kappa shape index (κ3) is 1.77. The van der Waals surface area contributed by atoms with E-state index in [2.05, 4.69) is 4.98 Å². The summed E-state index contributed by atoms with van der Waals surface area (Å²) in [5, 5.41) is 0.231. The molecule has 0 spiro atoms. The van der Waals surface area contributed by atoms with Crippen LogP contribution >= 0.6 is 0 Å². The molecule has 6 heteroatoms. The van der Waals surface area contributed by atoms with Crippen LogP contribution in [-0.4, -0.2) is 35.8 Å². The Morgan fingerprint density at radius 3 is 2.69 bits per heavy atom. The summed E-state index contributed by atoms with van der Waals surface area (Å²) in [5.41, 5.74) is 5.42. The normalized spacial score (nSPS) is 26.1. The number of H-pyrrole nitrogens is 1. The first-order chi connectivity index (χ1) is 7.34. The molecule has 1 unspecified atom stereocenters. The zero-order chi connectivity index (χ0) is 12.0. The topological polar surface area (TPSA) is 79.2 Å². The van der Waals surface area contributed by atoms with Gasteiger partial charge in [-0.05, 0) is 32.4 Å². The van der Waals surface area contributed by atoms with Crippen LogP contribution < -0.4 is 5.73 Å². The highest BCUT2D eigenvalue weighted by Crippen LogP contribution is 2.32. The third-order valence-electron chi connectivity index (χ3n) is 2.97. The summed E-state index contributed by atoms with van der Waals surface area (Å²) in [6, 6.07) is 3.16. The van der Waals surface area contributed by atoms with Gasteiger partial charge in [0.05, 0.1) is 0 Å². The molecule has 1 saturated heterocycles. The Hall–Kier alpha value is -0.850. The van der Waals surface area contributed by atoms with E-state index in [1.165, 1.54) is 4.31 Å². The van der Waals surface area contributed by atoms with Crippen molar-refractivity contribution in [3.8, 4) is 0 Å². The van der Waals surface area contributed by atoms with Crippen LogP contribution in [0.3, 0.4) is 0 Å². The lowest BCUT2D eigenvalue weighted by Gasteiger charge is -2.29. The van der Waals surface area contributed by atoms with Gasteiger partial charge in [0.2, 0.25) is 0 Å². The van der Waals surface area contributed by atoms with Gasteiger partial charge in [0.15, 0.2) is 0 Å². The zero-order valence-corrected chi connectivity index (χ0v) is 10.3. The lowest BCUT2D eigenvalue weighted by atomic mass is 10.0. The van der Waals surface area contributed by atoms with Gasteiger partial charge in [-0.15, -0.1) is 0 Å². The molecule has 1 aliphatic rings. The van der Waals surface area contributed by atoms with Crippen molar-refractivity contribution in [3.05, 3.63) is 18.3 Å². The maximum atomic E-state index is 12.3. The van der Waals surface area contributed by atoms with Crippen LogP contribution in [0.2, 0.25) is 0 Å². The van der Waals surface area contributed by atoms with Crippen LogP contribution in [0.15, 0.2) is 23.4 Å². The van der Waals surface area contributed by atoms with E-state index in [0.717, 1.165) is 0 Å². The fourth-order valence-electron chi connectivity index (χ4n) is 2.28. The Bertz CT molecular complexity index is 464. The van der Waals surface area contributed by atoms with Crippen molar-refractivity contribution in [1.82, 2.24) is 9.29 Å². The average molecular weight is 243 g/mol. The van der Waals surface area contributed by atoms with Gasteiger partial charge in [-0.1, -0.05) is 0 Å². The number of aromatic nitrogens is 1. The quantitative estimate of drug-likeness (QED) is 0.794. The molecule has 0 aliphatic carbocycles. The second-order valence-electron chi connectivity index (χ2n) is 4.85. The fourth-order valence-corrected chi connectivity index (χ4v) is 4.10. The lowest BCUT2D eigenvalue weighted by molar-refractivity contribution is 0.291. The van der Waals surface area contributed by atoms with Crippen molar-refractivity contribution in [1.29, 1.82) is 0 Å². The van der Waals surface area contributed by atoms with E-state index in [1.807, 2.05) is 13.8 Å². The first-order valence-corrected chi connectivity index (χ1v) is 6.70. The summed E-state index contributed by atoms with van der Waals surface area (Å²) in [7, 11) is -3.44. The van der Waals surface area contributed by atoms with Crippen LogP contribution in [0.5, 0.6) is 0 Å². The summed E-state index contributed by atoms with van der Waals surface area (Å²) >= 11 is 0. The molecule has 1 aromatic rings. The molecule has 3 N–H and O–H groups in total. The monoisotopic (exact) mass is 243 g/mol. The first-order valence-electron chi connectivity index (χ1n) is 5.26. The van der Waals surface area contributed by atoms with E-state index in [0.29, 0.717) is 13.0 Å². The van der Waals surface area contributed by atoms with Gasteiger partial charge in [-0.2, -0.15) is 4.31 Å². The molecule has 1 fully saturated rings. The molecule has 0 radical (unpaired) electrons. The second kappa shape index (κ2) is 3.58. The van der Waals surface area contributed by atoms with Crippen molar-refractivity contribution in [2.75, 3.05) is 6.54 Å². The van der Waals surface area contributed by atoms with Crippen molar-refractivity contribution in [2.24, 2.45) is 5.73 Å². The van der Waals surface area contributed by atoms with E-state index in [1.54, 1.807) is 18.3 Å². The minimum Gasteiger partial charge on any atom is -0.351 e. The molecule has 0 saturated carbocycles. The number of nitrogens with one attached hydrogen (secondary N) is 1. The predicted octanol–water partition coefficient (Wildman–Crippen LogP) is 0.515. The smallest absolute Gasteiger partial charge is 0.259 e. The number of nitrogens with zero attached hydrogens (tertiary/aromatic N) is 1. The van der Waals surface area contributed by atoms with E-state index < -0.39 is 15.6 Å². The molecular formula is C10H17N3O2S. The minimum absolute atomic E-state index is 0.0836. The van der Waals surface area contributed by atoms with Crippen molar-refractivity contribution < 1.29 is 8.42 Å². The van der Waals surface area contributed by atoms with Gasteiger partial charge >= 0.3 is 0 Å². The molecule has 0 amide bonds. The summed E-state index contributed by atoms with van der Waals surface area (Å²) in [6.07, 6.45) is 2.29. The standard InChI is InChI=1S/C10H17N3O2S/c1-10(2)6-8(11)7-13(10)16(14,15)9-4-3-5-12-9/h3-5,8,12H,6-7,11H2,1-2H3. The van der Waals surface area contributed by atoms with Crippen LogP contribution in [0.1, 0.15) is 20.3 Å². The van der Waals surface area contributed by atoms with Gasteiger partial charge in [-0.25, -0.2) is 8.42 Å². The summed E-state index contributed by atoms with van der Waals surface area (Å²) in [5.74, 6) is 0. The van der Waals surface area contributed by atoms with Gasteiger partial charge in [0, 0.05) is 24.3 Å². The highest BCUT2D eigenvalue weighted by Gasteiger charge is 2.44. The van der Waals surface area contributed by atoms with Crippen LogP contribution in [-0.2, 0) is 10.0 Å².